The van der Waals surface area contributed by atoms with E-state index >= 15 is 0 Å². The maximum Gasteiger partial charge on any atom is 0.156 e. The van der Waals surface area contributed by atoms with Gasteiger partial charge in [-0.25, -0.2) is 0 Å². The highest BCUT2D eigenvalue weighted by Crippen LogP contribution is 2.36. The van der Waals surface area contributed by atoms with Crippen LogP contribution < -0.4 is 22.5 Å². The van der Waals surface area contributed by atoms with Gasteiger partial charge in [-0.15, -0.1) is 0 Å². The number of nitrogens with one attached hydrogen (secondary N) is 1. The van der Waals surface area contributed by atoms with Gasteiger partial charge in [-0.3, -0.25) is 0 Å². The van der Waals surface area contributed by atoms with Crippen LogP contribution in [0.15, 0.2) is 12.1 Å². The molecule has 0 aliphatic rings. The maximum atomic E-state index is 8.65. The molecule has 28 heavy (non-hydrogen) atoms. The Balaban J connectivity index is 0.00000729. The molecule has 0 bridgehead atoms. The Labute approximate surface area is 187 Å². The maximum absolute atomic E-state index is 8.65. The van der Waals surface area contributed by atoms with Crippen molar-refractivity contribution in [2.75, 3.05) is 45.7 Å². The van der Waals surface area contributed by atoms with Crippen molar-refractivity contribution in [2.24, 2.45) is 0 Å². The Morgan fingerprint density at radius 3 is 2.29 bits per heavy atom. The Bertz CT molecular complexity index is 580. The van der Waals surface area contributed by atoms with E-state index in [-0.39, 0.29) is 12.4 Å². The summed E-state index contributed by atoms with van der Waals surface area (Å²) < 4.78 is 6.73. The fraction of sp³-hybridized carbons (Fsp3) is 0.667. The van der Waals surface area contributed by atoms with E-state index in [9.17, 15) is 0 Å². The molecule has 160 valence electrons. The first-order valence-electron chi connectivity index (χ1n) is 9.94. The molecule has 1 aromatic carbocycles. The fourth-order valence-corrected chi connectivity index (χ4v) is 3.55. The first-order valence-corrected chi connectivity index (χ1v) is 10.7. The van der Waals surface area contributed by atoms with Gasteiger partial charge in [0.15, 0.2) is 5.75 Å². The van der Waals surface area contributed by atoms with Gasteiger partial charge >= 0.3 is 0 Å². The molecule has 0 unspecified atom stereocenters. The molecule has 0 heterocycles. The lowest BCUT2D eigenvalue weighted by Crippen LogP contribution is -3.00. The number of quaternary nitrogens is 1. The fourth-order valence-electron chi connectivity index (χ4n) is 2.95. The second kappa shape index (κ2) is 15.0. The van der Waals surface area contributed by atoms with E-state index in [1.807, 2.05) is 12.1 Å². The SMILES string of the molecule is CCCCCCNc1cc(Cl)c(OCCC[N+](C)(C)CCCC#N)c(Cl)c1.[Cl-]. The van der Waals surface area contributed by atoms with Crippen molar-refractivity contribution in [1.29, 1.82) is 5.26 Å². The smallest absolute Gasteiger partial charge is 0.156 e. The summed E-state index contributed by atoms with van der Waals surface area (Å²) in [5, 5.41) is 13.1. The molecule has 0 saturated heterocycles. The Hall–Kier alpha value is -0.860. The van der Waals surface area contributed by atoms with Crippen molar-refractivity contribution in [2.45, 2.75) is 51.9 Å². The summed E-state index contributed by atoms with van der Waals surface area (Å²) in [6, 6.07) is 5.96. The molecule has 1 aromatic rings. The van der Waals surface area contributed by atoms with E-state index in [4.69, 9.17) is 33.2 Å². The number of halogens is 3. The third kappa shape index (κ3) is 11.2. The van der Waals surface area contributed by atoms with Gasteiger partial charge in [-0.05, 0) is 18.6 Å². The summed E-state index contributed by atoms with van der Waals surface area (Å²) in [6.07, 6.45) is 7.33. The Kier molecular flexibility index (Phi) is 14.6. The molecule has 4 nitrogen and oxygen atoms in total. The average Bonchev–Trinajstić information content (AvgIpc) is 2.60. The first-order chi connectivity index (χ1) is 12.9. The van der Waals surface area contributed by atoms with Crippen molar-refractivity contribution in [3.05, 3.63) is 22.2 Å². The zero-order valence-electron chi connectivity index (χ0n) is 17.4. The van der Waals surface area contributed by atoms with Crippen LogP contribution in [-0.2, 0) is 0 Å². The zero-order chi connectivity index (χ0) is 20.1. The molecule has 0 fully saturated rings. The van der Waals surface area contributed by atoms with Gasteiger partial charge in [0.2, 0.25) is 0 Å². The van der Waals surface area contributed by atoms with Crippen LogP contribution in [0.3, 0.4) is 0 Å². The van der Waals surface area contributed by atoms with Crippen LogP contribution in [0.5, 0.6) is 5.75 Å². The molecule has 0 amide bonds. The number of nitriles is 1. The molecule has 0 radical (unpaired) electrons. The third-order valence-corrected chi connectivity index (χ3v) is 5.13. The van der Waals surface area contributed by atoms with Crippen LogP contribution in [-0.4, -0.2) is 44.8 Å². The molecule has 0 aromatic heterocycles. The van der Waals surface area contributed by atoms with Crippen molar-refractivity contribution < 1.29 is 21.6 Å². The lowest BCUT2D eigenvalue weighted by Gasteiger charge is -2.29. The normalized spacial score (nSPS) is 10.9. The van der Waals surface area contributed by atoms with Gasteiger partial charge in [0.25, 0.3) is 0 Å². The molecule has 0 aliphatic carbocycles. The predicted molar refractivity (Wildman–Crippen MR) is 116 cm³/mol. The summed E-state index contributed by atoms with van der Waals surface area (Å²) in [5.41, 5.74) is 0.934. The van der Waals surface area contributed by atoms with E-state index in [2.05, 4.69) is 32.4 Å². The highest BCUT2D eigenvalue weighted by atomic mass is 35.5. The topological polar surface area (TPSA) is 45.0 Å². The molecule has 7 heteroatoms. The van der Waals surface area contributed by atoms with Crippen LogP contribution in [0.25, 0.3) is 0 Å². The van der Waals surface area contributed by atoms with Crippen molar-refractivity contribution in [3.63, 3.8) is 0 Å². The van der Waals surface area contributed by atoms with Crippen molar-refractivity contribution >= 4 is 28.9 Å². The number of nitrogens with zero attached hydrogens (tertiary/aromatic N) is 2. The number of ether oxygens (including phenoxy) is 1. The number of benzene rings is 1. The predicted octanol–water partition coefficient (Wildman–Crippen LogP) is 3.14. The quantitative estimate of drug-likeness (QED) is 0.350. The van der Waals surface area contributed by atoms with E-state index in [0.29, 0.717) is 28.8 Å². The minimum Gasteiger partial charge on any atom is -1.00 e. The van der Waals surface area contributed by atoms with Crippen LogP contribution in [0.2, 0.25) is 10.0 Å². The van der Waals surface area contributed by atoms with E-state index in [1.165, 1.54) is 19.3 Å². The summed E-state index contributed by atoms with van der Waals surface area (Å²) >= 11 is 12.7. The lowest BCUT2D eigenvalue weighted by molar-refractivity contribution is -0.890. The number of rotatable bonds is 14. The van der Waals surface area contributed by atoms with Crippen LogP contribution >= 0.6 is 23.2 Å². The molecule has 0 aliphatic heterocycles. The van der Waals surface area contributed by atoms with Crippen LogP contribution in [0.1, 0.15) is 51.9 Å². The molecule has 0 atom stereocenters. The van der Waals surface area contributed by atoms with Gasteiger partial charge in [-0.2, -0.15) is 5.26 Å². The molecule has 1 rings (SSSR count). The minimum atomic E-state index is 0. The highest BCUT2D eigenvalue weighted by molar-refractivity contribution is 6.37. The van der Waals surface area contributed by atoms with Crippen LogP contribution in [0.4, 0.5) is 5.69 Å². The second-order valence-corrected chi connectivity index (χ2v) is 8.42. The third-order valence-electron chi connectivity index (χ3n) is 4.56. The monoisotopic (exact) mass is 449 g/mol. The van der Waals surface area contributed by atoms with Gasteiger partial charge < -0.3 is 26.9 Å². The van der Waals surface area contributed by atoms with Gasteiger partial charge in [0, 0.05) is 31.5 Å². The number of hydrogen-bond acceptors (Lipinski definition) is 3. The second-order valence-electron chi connectivity index (χ2n) is 7.60. The molecule has 0 saturated carbocycles. The van der Waals surface area contributed by atoms with E-state index in [0.717, 1.165) is 49.1 Å². The number of unbranched alkanes of at least 4 members (excludes halogenated alkanes) is 4. The summed E-state index contributed by atoms with van der Waals surface area (Å²) in [4.78, 5) is 0. The summed E-state index contributed by atoms with van der Waals surface area (Å²) in [6.45, 7) is 5.68. The van der Waals surface area contributed by atoms with E-state index in [1.54, 1.807) is 0 Å². The van der Waals surface area contributed by atoms with Crippen LogP contribution in [0, 0.1) is 11.3 Å². The zero-order valence-corrected chi connectivity index (χ0v) is 19.6. The summed E-state index contributed by atoms with van der Waals surface area (Å²) in [7, 11) is 4.36. The van der Waals surface area contributed by atoms with Gasteiger partial charge in [-0.1, -0.05) is 49.4 Å². The molecular weight excluding hydrogens is 417 g/mol. The highest BCUT2D eigenvalue weighted by Gasteiger charge is 2.15. The lowest BCUT2D eigenvalue weighted by atomic mass is 10.2. The molecular formula is C21H34Cl3N3O. The van der Waals surface area contributed by atoms with Gasteiger partial charge in [0.1, 0.15) is 0 Å². The average molecular weight is 451 g/mol. The van der Waals surface area contributed by atoms with Crippen molar-refractivity contribution in [1.82, 2.24) is 0 Å². The largest absolute Gasteiger partial charge is 1.00 e. The van der Waals surface area contributed by atoms with Crippen molar-refractivity contribution in [3.8, 4) is 11.8 Å². The standard InChI is InChI=1S/C21H34Cl2N3O.ClH/c1-4-5-6-8-12-25-18-16-19(22)21(20(23)17-18)27-15-10-14-26(2,3)13-9-7-11-24;/h16-17,25H,4-10,12-15H2,1-3H3;1H/q+1;/p-1. The van der Waals surface area contributed by atoms with E-state index < -0.39 is 0 Å². The molecule has 1 N–H and O–H groups in total. The minimum absolute atomic E-state index is 0. The first kappa shape index (κ1) is 27.1. The Morgan fingerprint density at radius 1 is 1.04 bits per heavy atom. The number of anilines is 1. The Morgan fingerprint density at radius 2 is 1.68 bits per heavy atom. The summed E-state index contributed by atoms with van der Waals surface area (Å²) in [5.74, 6) is 0.560. The molecule has 0 spiro atoms. The number of hydrogen-bond donors (Lipinski definition) is 1. The van der Waals surface area contributed by atoms with Gasteiger partial charge in [0.05, 0.1) is 49.9 Å².